The van der Waals surface area contributed by atoms with Crippen molar-refractivity contribution >= 4 is 23.2 Å². The van der Waals surface area contributed by atoms with Crippen LogP contribution >= 0.6 is 11.3 Å². The van der Waals surface area contributed by atoms with Gasteiger partial charge in [0.1, 0.15) is 0 Å². The quantitative estimate of drug-likeness (QED) is 0.689. The highest BCUT2D eigenvalue weighted by molar-refractivity contribution is 7.08. The van der Waals surface area contributed by atoms with E-state index in [1.807, 2.05) is 21.7 Å². The Kier molecular flexibility index (Phi) is 7.11. The highest BCUT2D eigenvalue weighted by atomic mass is 32.1. The summed E-state index contributed by atoms with van der Waals surface area (Å²) in [5.74, 6) is 1.58. The molecule has 2 fully saturated rings. The van der Waals surface area contributed by atoms with Crippen molar-refractivity contribution in [3.05, 3.63) is 22.7 Å². The zero-order chi connectivity index (χ0) is 20.8. The second-order valence-corrected chi connectivity index (χ2v) is 8.79. The van der Waals surface area contributed by atoms with Crippen LogP contribution in [0.1, 0.15) is 38.0 Å². The van der Waals surface area contributed by atoms with Crippen LogP contribution in [0.15, 0.2) is 21.2 Å². The standard InChI is InChI=1S/C21H29N5O3S/c27-18(5-6-19-23-24-20(29-19)17-7-14-30-15-17)22-8-9-25-10-12-26(13-11-25)21(28)16-3-1-2-4-16/h7,14-16H,1-6,8-13H2,(H,22,27). The van der Waals surface area contributed by atoms with Crippen molar-refractivity contribution in [1.29, 1.82) is 0 Å². The SMILES string of the molecule is O=C(CCc1nnc(-c2ccsc2)o1)NCCN1CCN(C(=O)C2CCCC2)CC1. The first-order valence-electron chi connectivity index (χ1n) is 10.8. The molecular weight excluding hydrogens is 402 g/mol. The van der Waals surface area contributed by atoms with Crippen LogP contribution in [-0.4, -0.2) is 71.1 Å². The predicted molar refractivity (Wildman–Crippen MR) is 114 cm³/mol. The van der Waals surface area contributed by atoms with Gasteiger partial charge in [0.05, 0.1) is 0 Å². The summed E-state index contributed by atoms with van der Waals surface area (Å²) in [6, 6.07) is 1.93. The second kappa shape index (κ2) is 10.2. The van der Waals surface area contributed by atoms with E-state index in [9.17, 15) is 9.59 Å². The Morgan fingerprint density at radius 1 is 1.17 bits per heavy atom. The van der Waals surface area contributed by atoms with Crippen molar-refractivity contribution in [2.75, 3.05) is 39.3 Å². The van der Waals surface area contributed by atoms with Crippen LogP contribution in [0.25, 0.3) is 11.5 Å². The fourth-order valence-corrected chi connectivity index (χ4v) is 4.77. The molecule has 1 aliphatic heterocycles. The number of aromatic nitrogens is 2. The first kappa shape index (κ1) is 21.0. The maximum atomic E-state index is 12.5. The van der Waals surface area contributed by atoms with Crippen molar-refractivity contribution in [3.8, 4) is 11.5 Å². The van der Waals surface area contributed by atoms with Gasteiger partial charge in [-0.05, 0) is 24.3 Å². The molecule has 2 aliphatic rings. The summed E-state index contributed by atoms with van der Waals surface area (Å²) in [6.45, 7) is 4.77. The monoisotopic (exact) mass is 431 g/mol. The summed E-state index contributed by atoms with van der Waals surface area (Å²) in [5.41, 5.74) is 0.910. The number of rotatable bonds is 8. The van der Waals surface area contributed by atoms with E-state index in [4.69, 9.17) is 4.42 Å². The summed E-state index contributed by atoms with van der Waals surface area (Å²) in [4.78, 5) is 28.9. The molecule has 1 N–H and O–H groups in total. The number of thiophene rings is 1. The largest absolute Gasteiger partial charge is 0.421 e. The lowest BCUT2D eigenvalue weighted by molar-refractivity contribution is -0.137. The Morgan fingerprint density at radius 2 is 1.97 bits per heavy atom. The van der Waals surface area contributed by atoms with Gasteiger partial charge >= 0.3 is 0 Å². The van der Waals surface area contributed by atoms with E-state index in [1.165, 1.54) is 12.8 Å². The number of carbonyl (C=O) groups is 2. The molecule has 0 spiro atoms. The van der Waals surface area contributed by atoms with Gasteiger partial charge in [0, 0.05) is 69.0 Å². The molecule has 8 nitrogen and oxygen atoms in total. The van der Waals surface area contributed by atoms with Gasteiger partial charge in [0.25, 0.3) is 0 Å². The number of hydrogen-bond donors (Lipinski definition) is 1. The Morgan fingerprint density at radius 3 is 2.70 bits per heavy atom. The van der Waals surface area contributed by atoms with Gasteiger partial charge in [0.2, 0.25) is 23.6 Å². The van der Waals surface area contributed by atoms with E-state index in [1.54, 1.807) is 11.3 Å². The minimum absolute atomic E-state index is 0.0136. The van der Waals surface area contributed by atoms with Crippen molar-refractivity contribution in [2.45, 2.75) is 38.5 Å². The number of piperazine rings is 1. The van der Waals surface area contributed by atoms with E-state index < -0.39 is 0 Å². The fourth-order valence-electron chi connectivity index (χ4n) is 4.14. The van der Waals surface area contributed by atoms with E-state index in [-0.39, 0.29) is 11.8 Å². The van der Waals surface area contributed by atoms with Crippen molar-refractivity contribution in [3.63, 3.8) is 0 Å². The van der Waals surface area contributed by atoms with E-state index in [2.05, 4.69) is 20.4 Å². The number of amides is 2. The van der Waals surface area contributed by atoms with Gasteiger partial charge in [-0.3, -0.25) is 14.5 Å². The van der Waals surface area contributed by atoms with Gasteiger partial charge in [-0.15, -0.1) is 10.2 Å². The zero-order valence-electron chi connectivity index (χ0n) is 17.2. The van der Waals surface area contributed by atoms with Crippen LogP contribution in [0.5, 0.6) is 0 Å². The van der Waals surface area contributed by atoms with Crippen molar-refractivity contribution in [1.82, 2.24) is 25.3 Å². The van der Waals surface area contributed by atoms with E-state index in [0.717, 1.165) is 51.1 Å². The van der Waals surface area contributed by atoms with Gasteiger partial charge in [-0.25, -0.2) is 0 Å². The third kappa shape index (κ3) is 5.46. The normalized spacial score (nSPS) is 18.1. The highest BCUT2D eigenvalue weighted by Gasteiger charge is 2.29. The number of nitrogens with one attached hydrogen (secondary N) is 1. The third-order valence-electron chi connectivity index (χ3n) is 5.94. The van der Waals surface area contributed by atoms with Crippen LogP contribution in [0.2, 0.25) is 0 Å². The molecule has 162 valence electrons. The molecule has 1 aliphatic carbocycles. The zero-order valence-corrected chi connectivity index (χ0v) is 18.0. The van der Waals surface area contributed by atoms with Gasteiger partial charge in [-0.1, -0.05) is 12.8 Å². The lowest BCUT2D eigenvalue weighted by atomic mass is 10.1. The second-order valence-electron chi connectivity index (χ2n) is 8.01. The number of carbonyl (C=O) groups excluding carboxylic acids is 2. The van der Waals surface area contributed by atoms with Gasteiger partial charge in [0.15, 0.2) is 0 Å². The Labute approximate surface area is 180 Å². The average molecular weight is 432 g/mol. The van der Waals surface area contributed by atoms with E-state index in [0.29, 0.717) is 37.1 Å². The minimum Gasteiger partial charge on any atom is -0.421 e. The molecule has 0 unspecified atom stereocenters. The summed E-state index contributed by atoms with van der Waals surface area (Å²) in [7, 11) is 0. The molecule has 0 aromatic carbocycles. The Hall–Kier alpha value is -2.26. The molecule has 1 saturated carbocycles. The molecule has 9 heteroatoms. The van der Waals surface area contributed by atoms with Crippen LogP contribution < -0.4 is 5.32 Å². The van der Waals surface area contributed by atoms with Gasteiger partial charge in [-0.2, -0.15) is 11.3 Å². The third-order valence-corrected chi connectivity index (χ3v) is 6.62. The molecule has 0 bridgehead atoms. The van der Waals surface area contributed by atoms with Crippen molar-refractivity contribution in [2.24, 2.45) is 5.92 Å². The molecule has 1 saturated heterocycles. The Bertz CT molecular complexity index is 824. The van der Waals surface area contributed by atoms with Crippen LogP contribution in [0, 0.1) is 5.92 Å². The molecule has 4 rings (SSSR count). The average Bonchev–Trinajstić information content (AvgIpc) is 3.54. The number of aryl methyl sites for hydroxylation is 1. The predicted octanol–water partition coefficient (Wildman–Crippen LogP) is 2.18. The molecule has 3 heterocycles. The van der Waals surface area contributed by atoms with Crippen LogP contribution in [-0.2, 0) is 16.0 Å². The lowest BCUT2D eigenvalue weighted by Crippen LogP contribution is -2.51. The topological polar surface area (TPSA) is 91.6 Å². The highest BCUT2D eigenvalue weighted by Crippen LogP contribution is 2.27. The smallest absolute Gasteiger partial charge is 0.248 e. The maximum Gasteiger partial charge on any atom is 0.248 e. The first-order valence-corrected chi connectivity index (χ1v) is 11.8. The Balaban J connectivity index is 1.10. The number of hydrogen-bond acceptors (Lipinski definition) is 7. The first-order chi connectivity index (χ1) is 14.7. The van der Waals surface area contributed by atoms with Crippen LogP contribution in [0.3, 0.4) is 0 Å². The molecule has 0 radical (unpaired) electrons. The maximum absolute atomic E-state index is 12.5. The van der Waals surface area contributed by atoms with Gasteiger partial charge < -0.3 is 14.6 Å². The molecular formula is C21H29N5O3S. The summed E-state index contributed by atoms with van der Waals surface area (Å²) < 4.78 is 5.61. The lowest BCUT2D eigenvalue weighted by Gasteiger charge is -2.36. The summed E-state index contributed by atoms with van der Waals surface area (Å²) in [5, 5.41) is 14.9. The van der Waals surface area contributed by atoms with E-state index >= 15 is 0 Å². The molecule has 30 heavy (non-hydrogen) atoms. The summed E-state index contributed by atoms with van der Waals surface area (Å²) in [6.07, 6.45) is 5.27. The molecule has 2 amide bonds. The fraction of sp³-hybridized carbons (Fsp3) is 0.619. The number of nitrogens with zero attached hydrogens (tertiary/aromatic N) is 4. The van der Waals surface area contributed by atoms with Crippen LogP contribution in [0.4, 0.5) is 0 Å². The molecule has 0 atom stereocenters. The molecule has 2 aromatic rings. The van der Waals surface area contributed by atoms with Crippen molar-refractivity contribution < 1.29 is 14.0 Å². The summed E-state index contributed by atoms with van der Waals surface area (Å²) >= 11 is 1.57. The molecule has 2 aromatic heterocycles. The minimum atomic E-state index is -0.0136.